The molecule has 2 heterocycles. The van der Waals surface area contributed by atoms with Crippen molar-refractivity contribution in [1.29, 1.82) is 0 Å². The van der Waals surface area contributed by atoms with Gasteiger partial charge in [0.1, 0.15) is 12.7 Å². The van der Waals surface area contributed by atoms with Gasteiger partial charge < -0.3 is 14.8 Å². The van der Waals surface area contributed by atoms with Crippen LogP contribution in [0, 0.1) is 6.92 Å². The number of hydrogen-bond donors (Lipinski definition) is 1. The molecule has 2 rings (SSSR count). The summed E-state index contributed by atoms with van der Waals surface area (Å²) in [5, 5.41) is 3.31. The van der Waals surface area contributed by atoms with Crippen molar-refractivity contribution in [2.45, 2.75) is 26.1 Å². The third-order valence-electron chi connectivity index (χ3n) is 2.54. The molecule has 0 bridgehead atoms. The van der Waals surface area contributed by atoms with Gasteiger partial charge in [-0.3, -0.25) is 0 Å². The van der Waals surface area contributed by atoms with Gasteiger partial charge >= 0.3 is 0 Å². The Morgan fingerprint density at radius 1 is 1.56 bits per heavy atom. The molecule has 0 aliphatic carbocycles. The summed E-state index contributed by atoms with van der Waals surface area (Å²) in [6.45, 7) is 6.39. The molecule has 0 spiro atoms. The van der Waals surface area contributed by atoms with Crippen molar-refractivity contribution in [3.63, 3.8) is 0 Å². The van der Waals surface area contributed by atoms with Crippen LogP contribution in [0.15, 0.2) is 18.3 Å². The molecule has 1 aromatic heterocycles. The fraction of sp³-hybridized carbons (Fsp3) is 0.583. The predicted molar refractivity (Wildman–Crippen MR) is 61.7 cm³/mol. The Balaban J connectivity index is 1.82. The average molecular weight is 222 g/mol. The molecule has 1 aliphatic rings. The smallest absolute Gasteiger partial charge is 0.213 e. The van der Waals surface area contributed by atoms with Gasteiger partial charge in [-0.25, -0.2) is 4.98 Å². The van der Waals surface area contributed by atoms with E-state index in [2.05, 4.69) is 17.2 Å². The lowest BCUT2D eigenvalue weighted by Gasteiger charge is -2.28. The molecule has 0 saturated carbocycles. The lowest BCUT2D eigenvalue weighted by Crippen LogP contribution is -2.45. The van der Waals surface area contributed by atoms with Crippen molar-refractivity contribution in [1.82, 2.24) is 10.3 Å². The normalized spacial score (nSPS) is 25.4. The number of morpholine rings is 1. The molecule has 2 atom stereocenters. The Hall–Kier alpha value is -1.13. The fourth-order valence-electron chi connectivity index (χ4n) is 1.74. The topological polar surface area (TPSA) is 43.4 Å². The van der Waals surface area contributed by atoms with Crippen molar-refractivity contribution < 1.29 is 9.47 Å². The van der Waals surface area contributed by atoms with Gasteiger partial charge in [-0.15, -0.1) is 0 Å². The third kappa shape index (κ3) is 3.18. The van der Waals surface area contributed by atoms with Crippen molar-refractivity contribution >= 4 is 0 Å². The standard InChI is InChI=1S/C12H18N2O2/c1-9-3-4-14-12(5-9)15-8-11-7-13-6-10(2)16-11/h3-5,10-11,13H,6-8H2,1-2H3. The van der Waals surface area contributed by atoms with Crippen molar-refractivity contribution in [2.24, 2.45) is 0 Å². The first-order chi connectivity index (χ1) is 7.74. The van der Waals surface area contributed by atoms with Crippen LogP contribution in [-0.4, -0.2) is 36.9 Å². The largest absolute Gasteiger partial charge is 0.475 e. The number of pyridine rings is 1. The van der Waals surface area contributed by atoms with Crippen molar-refractivity contribution in [3.05, 3.63) is 23.9 Å². The maximum absolute atomic E-state index is 5.72. The van der Waals surface area contributed by atoms with E-state index in [1.807, 2.05) is 19.1 Å². The van der Waals surface area contributed by atoms with E-state index >= 15 is 0 Å². The summed E-state index contributed by atoms with van der Waals surface area (Å²) in [5.41, 5.74) is 1.15. The zero-order valence-electron chi connectivity index (χ0n) is 9.77. The maximum Gasteiger partial charge on any atom is 0.213 e. The molecule has 1 aliphatic heterocycles. The molecule has 1 fully saturated rings. The number of hydrogen-bond acceptors (Lipinski definition) is 4. The van der Waals surface area contributed by atoms with E-state index in [9.17, 15) is 0 Å². The van der Waals surface area contributed by atoms with Gasteiger partial charge in [0.25, 0.3) is 0 Å². The predicted octanol–water partition coefficient (Wildman–Crippen LogP) is 1.15. The quantitative estimate of drug-likeness (QED) is 0.833. The van der Waals surface area contributed by atoms with E-state index in [4.69, 9.17) is 9.47 Å². The van der Waals surface area contributed by atoms with Gasteiger partial charge in [-0.05, 0) is 25.5 Å². The second-order valence-corrected chi connectivity index (χ2v) is 4.21. The maximum atomic E-state index is 5.72. The number of rotatable bonds is 3. The number of nitrogens with one attached hydrogen (secondary N) is 1. The summed E-state index contributed by atoms with van der Waals surface area (Å²) < 4.78 is 11.3. The Morgan fingerprint density at radius 3 is 3.19 bits per heavy atom. The highest BCUT2D eigenvalue weighted by Crippen LogP contribution is 2.10. The first kappa shape index (κ1) is 11.4. The van der Waals surface area contributed by atoms with Crippen molar-refractivity contribution in [3.8, 4) is 5.88 Å². The first-order valence-electron chi connectivity index (χ1n) is 5.65. The van der Waals surface area contributed by atoms with E-state index < -0.39 is 0 Å². The van der Waals surface area contributed by atoms with Gasteiger partial charge in [0.2, 0.25) is 5.88 Å². The molecule has 0 aromatic carbocycles. The van der Waals surface area contributed by atoms with E-state index in [-0.39, 0.29) is 12.2 Å². The number of ether oxygens (including phenoxy) is 2. The average Bonchev–Trinajstić information content (AvgIpc) is 2.27. The number of aromatic nitrogens is 1. The van der Waals surface area contributed by atoms with Crippen LogP contribution in [0.25, 0.3) is 0 Å². The summed E-state index contributed by atoms with van der Waals surface area (Å²) in [6, 6.07) is 3.88. The molecular formula is C12H18N2O2. The van der Waals surface area contributed by atoms with Crippen LogP contribution in [0.2, 0.25) is 0 Å². The zero-order valence-corrected chi connectivity index (χ0v) is 9.77. The van der Waals surface area contributed by atoms with Crippen molar-refractivity contribution in [2.75, 3.05) is 19.7 Å². The number of nitrogens with zero attached hydrogens (tertiary/aromatic N) is 1. The lowest BCUT2D eigenvalue weighted by atomic mass is 10.2. The van der Waals surface area contributed by atoms with Gasteiger partial charge in [-0.1, -0.05) is 0 Å². The summed E-state index contributed by atoms with van der Waals surface area (Å²) in [5.74, 6) is 0.668. The Kier molecular flexibility index (Phi) is 3.74. The van der Waals surface area contributed by atoms with Gasteiger partial charge in [0.05, 0.1) is 6.10 Å². The summed E-state index contributed by atoms with van der Waals surface area (Å²) >= 11 is 0. The van der Waals surface area contributed by atoms with Gasteiger partial charge in [-0.2, -0.15) is 0 Å². The Morgan fingerprint density at radius 2 is 2.44 bits per heavy atom. The molecule has 1 N–H and O–H groups in total. The SMILES string of the molecule is Cc1ccnc(OCC2CNCC(C)O2)c1. The molecule has 16 heavy (non-hydrogen) atoms. The van der Waals surface area contributed by atoms with Crippen LogP contribution in [0.1, 0.15) is 12.5 Å². The van der Waals surface area contributed by atoms with E-state index in [1.54, 1.807) is 6.20 Å². The van der Waals surface area contributed by atoms with Crippen LogP contribution in [0.5, 0.6) is 5.88 Å². The summed E-state index contributed by atoms with van der Waals surface area (Å²) in [7, 11) is 0. The van der Waals surface area contributed by atoms with E-state index in [0.29, 0.717) is 12.5 Å². The highest BCUT2D eigenvalue weighted by Gasteiger charge is 2.19. The Labute approximate surface area is 96.0 Å². The minimum atomic E-state index is 0.117. The molecule has 88 valence electrons. The second kappa shape index (κ2) is 5.27. The minimum absolute atomic E-state index is 0.117. The second-order valence-electron chi connectivity index (χ2n) is 4.21. The third-order valence-corrected chi connectivity index (χ3v) is 2.54. The van der Waals surface area contributed by atoms with Gasteiger partial charge in [0.15, 0.2) is 0 Å². The fourth-order valence-corrected chi connectivity index (χ4v) is 1.74. The molecule has 1 aromatic rings. The monoisotopic (exact) mass is 222 g/mol. The van der Waals surface area contributed by atoms with Crippen LogP contribution >= 0.6 is 0 Å². The highest BCUT2D eigenvalue weighted by molar-refractivity contribution is 5.18. The zero-order chi connectivity index (χ0) is 11.4. The molecule has 1 saturated heterocycles. The van der Waals surface area contributed by atoms with Crippen LogP contribution in [0.3, 0.4) is 0 Å². The minimum Gasteiger partial charge on any atom is -0.475 e. The molecule has 4 heteroatoms. The molecule has 0 amide bonds. The van der Waals surface area contributed by atoms with Crippen LogP contribution < -0.4 is 10.1 Å². The summed E-state index contributed by atoms with van der Waals surface area (Å²) in [6.07, 6.45) is 2.13. The van der Waals surface area contributed by atoms with Crippen LogP contribution in [0.4, 0.5) is 0 Å². The summed E-state index contributed by atoms with van der Waals surface area (Å²) in [4.78, 5) is 4.14. The first-order valence-corrected chi connectivity index (χ1v) is 5.65. The van der Waals surface area contributed by atoms with E-state index in [1.165, 1.54) is 0 Å². The molecule has 4 nitrogen and oxygen atoms in total. The molecule has 0 radical (unpaired) electrons. The van der Waals surface area contributed by atoms with Gasteiger partial charge in [0, 0.05) is 25.4 Å². The molecular weight excluding hydrogens is 204 g/mol. The highest BCUT2D eigenvalue weighted by atomic mass is 16.5. The lowest BCUT2D eigenvalue weighted by molar-refractivity contribution is -0.0476. The molecule has 2 unspecified atom stereocenters. The Bertz CT molecular complexity index is 344. The number of aryl methyl sites for hydroxylation is 1. The van der Waals surface area contributed by atoms with Crippen LogP contribution in [-0.2, 0) is 4.74 Å². The van der Waals surface area contributed by atoms with E-state index in [0.717, 1.165) is 18.7 Å².